The van der Waals surface area contributed by atoms with Crippen LogP contribution in [0.2, 0.25) is 0 Å². The molecule has 8 nitrogen and oxygen atoms in total. The summed E-state index contributed by atoms with van der Waals surface area (Å²) in [5.74, 6) is 1.45. The normalized spacial score (nSPS) is 17.3. The van der Waals surface area contributed by atoms with Crippen LogP contribution in [0.3, 0.4) is 0 Å². The first kappa shape index (κ1) is 18.3. The van der Waals surface area contributed by atoms with Crippen LogP contribution in [0.25, 0.3) is 0 Å². The molecule has 8 heteroatoms. The van der Waals surface area contributed by atoms with Gasteiger partial charge in [-0.15, -0.1) is 0 Å². The highest BCUT2D eigenvalue weighted by Gasteiger charge is 2.34. The van der Waals surface area contributed by atoms with Crippen molar-refractivity contribution in [3.63, 3.8) is 0 Å². The maximum Gasteiger partial charge on any atom is 0.345 e. The Morgan fingerprint density at radius 1 is 1.35 bits per heavy atom. The molecule has 0 spiro atoms. The van der Waals surface area contributed by atoms with Gasteiger partial charge in [0.05, 0.1) is 0 Å². The zero-order valence-electron chi connectivity index (χ0n) is 15.7. The lowest BCUT2D eigenvalue weighted by Gasteiger charge is -2.22. The molecule has 0 bridgehead atoms. The van der Waals surface area contributed by atoms with Crippen LogP contribution < -0.4 is 5.69 Å². The van der Waals surface area contributed by atoms with Gasteiger partial charge in [0.25, 0.3) is 0 Å². The van der Waals surface area contributed by atoms with Crippen LogP contribution in [0.4, 0.5) is 0 Å². The Bertz CT molecular complexity index is 829. The number of aromatic amines is 1. The number of carbonyl (C=O) groups excluding carboxylic acids is 1. The topological polar surface area (TPSA) is 105 Å². The molecule has 3 rings (SSSR count). The second-order valence-electron chi connectivity index (χ2n) is 7.12. The highest BCUT2D eigenvalue weighted by molar-refractivity contribution is 5.77. The van der Waals surface area contributed by atoms with E-state index in [-0.39, 0.29) is 23.6 Å². The van der Waals surface area contributed by atoms with Gasteiger partial charge in [0, 0.05) is 30.3 Å². The number of nitrogens with zero attached hydrogens (tertiary/aromatic N) is 4. The monoisotopic (exact) mass is 359 g/mol. The van der Waals surface area contributed by atoms with Crippen LogP contribution in [-0.2, 0) is 11.2 Å². The number of aromatic nitrogens is 4. The van der Waals surface area contributed by atoms with Gasteiger partial charge in [-0.1, -0.05) is 19.0 Å². The minimum Gasteiger partial charge on any atom is -0.337 e. The van der Waals surface area contributed by atoms with E-state index in [2.05, 4.69) is 20.1 Å². The lowest BCUT2D eigenvalue weighted by molar-refractivity contribution is -0.132. The Hall–Kier alpha value is -2.51. The second kappa shape index (κ2) is 7.39. The van der Waals surface area contributed by atoms with E-state index >= 15 is 0 Å². The number of hydrogen-bond donors (Lipinski definition) is 1. The van der Waals surface area contributed by atoms with Crippen molar-refractivity contribution in [2.45, 2.75) is 65.3 Å². The minimum absolute atomic E-state index is 0.0572. The second-order valence-corrected chi connectivity index (χ2v) is 7.12. The predicted octanol–water partition coefficient (Wildman–Crippen LogP) is 2.19. The Morgan fingerprint density at radius 3 is 2.77 bits per heavy atom. The van der Waals surface area contributed by atoms with Gasteiger partial charge in [-0.05, 0) is 38.7 Å². The summed E-state index contributed by atoms with van der Waals surface area (Å²) < 4.78 is 5.40. The van der Waals surface area contributed by atoms with Crippen molar-refractivity contribution in [2.75, 3.05) is 6.54 Å². The molecule has 2 aromatic heterocycles. The SMILES string of the molecule is Cc1nc(=O)[nH]c(C)c1CCC(=O)N1CCC[C@H]1c1nc(C(C)C)no1. The number of carbonyl (C=O) groups is 1. The first-order valence-electron chi connectivity index (χ1n) is 9.06. The zero-order chi connectivity index (χ0) is 18.8. The molecule has 0 aliphatic carbocycles. The smallest absolute Gasteiger partial charge is 0.337 e. The average Bonchev–Trinajstić information content (AvgIpc) is 3.22. The van der Waals surface area contributed by atoms with Gasteiger partial charge in [-0.3, -0.25) is 4.79 Å². The Morgan fingerprint density at radius 2 is 2.12 bits per heavy atom. The first-order valence-corrected chi connectivity index (χ1v) is 9.06. The van der Waals surface area contributed by atoms with Gasteiger partial charge in [-0.2, -0.15) is 9.97 Å². The highest BCUT2D eigenvalue weighted by Crippen LogP contribution is 2.32. The van der Waals surface area contributed by atoms with E-state index in [1.807, 2.05) is 25.7 Å². The van der Waals surface area contributed by atoms with Gasteiger partial charge >= 0.3 is 5.69 Å². The maximum absolute atomic E-state index is 12.8. The summed E-state index contributed by atoms with van der Waals surface area (Å²) in [6.45, 7) is 8.35. The maximum atomic E-state index is 12.8. The number of hydrogen-bond acceptors (Lipinski definition) is 6. The fourth-order valence-corrected chi connectivity index (χ4v) is 3.44. The fourth-order valence-electron chi connectivity index (χ4n) is 3.44. The molecule has 1 N–H and O–H groups in total. The number of aryl methyl sites for hydroxylation is 2. The minimum atomic E-state index is -0.355. The molecule has 0 saturated carbocycles. The van der Waals surface area contributed by atoms with E-state index in [1.54, 1.807) is 6.92 Å². The summed E-state index contributed by atoms with van der Waals surface area (Å²) in [6, 6.07) is -0.140. The molecular formula is C18H25N5O3. The number of likely N-dealkylation sites (tertiary alicyclic amines) is 1. The molecule has 2 aromatic rings. The van der Waals surface area contributed by atoms with Crippen molar-refractivity contribution in [3.8, 4) is 0 Å². The van der Waals surface area contributed by atoms with Crippen molar-refractivity contribution in [1.29, 1.82) is 0 Å². The first-order chi connectivity index (χ1) is 12.4. The molecule has 0 radical (unpaired) electrons. The highest BCUT2D eigenvalue weighted by atomic mass is 16.5. The van der Waals surface area contributed by atoms with E-state index in [1.165, 1.54) is 0 Å². The van der Waals surface area contributed by atoms with Gasteiger partial charge in [-0.25, -0.2) is 4.79 Å². The van der Waals surface area contributed by atoms with Crippen molar-refractivity contribution in [2.24, 2.45) is 0 Å². The molecule has 140 valence electrons. The van der Waals surface area contributed by atoms with E-state index in [0.717, 1.165) is 24.1 Å². The van der Waals surface area contributed by atoms with Gasteiger partial charge in [0.1, 0.15) is 6.04 Å². The van der Waals surface area contributed by atoms with Crippen molar-refractivity contribution in [1.82, 2.24) is 25.0 Å². The summed E-state index contributed by atoms with van der Waals surface area (Å²) in [6.07, 6.45) is 2.67. The van der Waals surface area contributed by atoms with Crippen LogP contribution in [0.5, 0.6) is 0 Å². The fraction of sp³-hybridized carbons (Fsp3) is 0.611. The number of H-pyrrole nitrogens is 1. The van der Waals surface area contributed by atoms with Crippen molar-refractivity contribution < 1.29 is 9.32 Å². The van der Waals surface area contributed by atoms with E-state index < -0.39 is 0 Å². The van der Waals surface area contributed by atoms with Crippen molar-refractivity contribution >= 4 is 5.91 Å². The molecule has 1 aliphatic rings. The lowest BCUT2D eigenvalue weighted by atomic mass is 10.1. The molecule has 1 amide bonds. The zero-order valence-corrected chi connectivity index (χ0v) is 15.7. The van der Waals surface area contributed by atoms with Crippen LogP contribution in [0.15, 0.2) is 9.32 Å². The summed E-state index contributed by atoms with van der Waals surface area (Å²) in [5.41, 5.74) is 2.02. The van der Waals surface area contributed by atoms with E-state index in [0.29, 0.717) is 36.8 Å². The van der Waals surface area contributed by atoms with Gasteiger partial charge < -0.3 is 14.4 Å². The lowest BCUT2D eigenvalue weighted by Crippen LogP contribution is -2.31. The molecule has 26 heavy (non-hydrogen) atoms. The molecular weight excluding hydrogens is 334 g/mol. The van der Waals surface area contributed by atoms with E-state index in [9.17, 15) is 9.59 Å². The quantitative estimate of drug-likeness (QED) is 0.877. The Labute approximate surface area is 152 Å². The molecule has 1 aliphatic heterocycles. The molecule has 1 fully saturated rings. The summed E-state index contributed by atoms with van der Waals surface area (Å²) >= 11 is 0. The number of nitrogens with one attached hydrogen (secondary N) is 1. The number of rotatable bonds is 5. The average molecular weight is 359 g/mol. The van der Waals surface area contributed by atoms with E-state index in [4.69, 9.17) is 4.52 Å². The van der Waals surface area contributed by atoms with Gasteiger partial charge in [0.2, 0.25) is 11.8 Å². The Kier molecular flexibility index (Phi) is 5.20. The number of amides is 1. The van der Waals surface area contributed by atoms with Crippen molar-refractivity contribution in [3.05, 3.63) is 39.2 Å². The largest absolute Gasteiger partial charge is 0.345 e. The predicted molar refractivity (Wildman–Crippen MR) is 94.7 cm³/mol. The summed E-state index contributed by atoms with van der Waals surface area (Å²) in [4.78, 5) is 37.1. The van der Waals surface area contributed by atoms with Crippen LogP contribution in [0.1, 0.15) is 73.7 Å². The van der Waals surface area contributed by atoms with Gasteiger partial charge in [0.15, 0.2) is 5.82 Å². The van der Waals surface area contributed by atoms with Crippen LogP contribution in [-0.4, -0.2) is 37.5 Å². The molecule has 1 saturated heterocycles. The summed E-state index contributed by atoms with van der Waals surface area (Å²) in [5, 5.41) is 4.01. The summed E-state index contributed by atoms with van der Waals surface area (Å²) in [7, 11) is 0. The molecule has 0 unspecified atom stereocenters. The molecule has 3 heterocycles. The van der Waals surface area contributed by atoms with Crippen LogP contribution >= 0.6 is 0 Å². The molecule has 1 atom stereocenters. The Balaban J connectivity index is 1.70. The third-order valence-electron chi connectivity index (χ3n) is 4.87. The standard InChI is InChI=1S/C18H25N5O3/c1-10(2)16-21-17(26-22-16)14-6-5-9-23(14)15(24)8-7-13-11(3)19-18(25)20-12(13)4/h10,14H,5-9H2,1-4H3,(H,19,20,25)/t14-/m0/s1. The molecule has 0 aromatic carbocycles. The third kappa shape index (κ3) is 3.68. The van der Waals surface area contributed by atoms with Crippen LogP contribution in [0, 0.1) is 13.8 Å². The third-order valence-corrected chi connectivity index (χ3v) is 4.87.